The predicted octanol–water partition coefficient (Wildman–Crippen LogP) is 4.37. The molecule has 1 aromatic carbocycles. The number of amides is 1. The summed E-state index contributed by atoms with van der Waals surface area (Å²) in [4.78, 5) is 15.9. The monoisotopic (exact) mass is 457 g/mol. The largest absolute Gasteiger partial charge is 0.378 e. The number of nitrogens with zero attached hydrogens (tertiary/aromatic N) is 4. The molecule has 2 atom stereocenters. The van der Waals surface area contributed by atoms with Gasteiger partial charge in [-0.3, -0.25) is 9.36 Å². The molecule has 0 saturated carbocycles. The summed E-state index contributed by atoms with van der Waals surface area (Å²) in [5.74, 6) is 0.770. The summed E-state index contributed by atoms with van der Waals surface area (Å²) < 4.78 is 7.95. The van der Waals surface area contributed by atoms with Crippen molar-refractivity contribution in [3.8, 4) is 10.7 Å². The first kappa shape index (κ1) is 21.9. The number of carbonyl (C=O) groups is 1. The lowest BCUT2D eigenvalue weighted by atomic mass is 10.2. The van der Waals surface area contributed by atoms with Gasteiger partial charge in [-0.2, -0.15) is 0 Å². The maximum absolute atomic E-state index is 12.8. The highest BCUT2D eigenvalue weighted by Gasteiger charge is 2.25. The molecule has 2 unspecified atom stereocenters. The number of thiophene rings is 1. The first-order chi connectivity index (χ1) is 15.0. The van der Waals surface area contributed by atoms with Crippen molar-refractivity contribution in [2.24, 2.45) is 0 Å². The molecule has 0 bridgehead atoms. The molecule has 1 fully saturated rings. The molecule has 4 rings (SSSR count). The third-order valence-electron chi connectivity index (χ3n) is 5.17. The fraction of sp³-hybridized carbons (Fsp3) is 0.409. The minimum Gasteiger partial charge on any atom is -0.378 e. The van der Waals surface area contributed by atoms with Crippen LogP contribution in [0.2, 0.25) is 0 Å². The summed E-state index contributed by atoms with van der Waals surface area (Å²) in [6, 6.07) is 11.9. The molecule has 7 nitrogen and oxygen atoms in total. The Morgan fingerprint density at radius 2 is 2.13 bits per heavy atom. The standard InChI is InChI=1S/C22H27N5O2S2/c1-15(21(28)23-16-8-10-17(11-9-16)26(2)3)31-22-25-24-20(19-7-5-13-30-19)27(22)14-18-6-4-12-29-18/h5,7-11,13,15,18H,4,6,12,14H2,1-3H3,(H,23,28). The molecule has 164 valence electrons. The number of benzene rings is 1. The van der Waals surface area contributed by atoms with E-state index in [-0.39, 0.29) is 17.3 Å². The second kappa shape index (κ2) is 9.84. The minimum atomic E-state index is -0.322. The van der Waals surface area contributed by atoms with Crippen LogP contribution in [-0.2, 0) is 16.1 Å². The molecular formula is C22H27N5O2S2. The smallest absolute Gasteiger partial charge is 0.237 e. The highest BCUT2D eigenvalue weighted by molar-refractivity contribution is 8.00. The average Bonchev–Trinajstić information content (AvgIpc) is 3.52. The van der Waals surface area contributed by atoms with Crippen LogP contribution in [-0.4, -0.2) is 52.7 Å². The van der Waals surface area contributed by atoms with E-state index in [1.165, 1.54) is 11.8 Å². The lowest BCUT2D eigenvalue weighted by Crippen LogP contribution is -2.23. The quantitative estimate of drug-likeness (QED) is 0.507. The van der Waals surface area contributed by atoms with Gasteiger partial charge in [0.25, 0.3) is 0 Å². The molecule has 1 N–H and O–H groups in total. The first-order valence-electron chi connectivity index (χ1n) is 10.3. The van der Waals surface area contributed by atoms with Gasteiger partial charge in [0.05, 0.1) is 22.8 Å². The molecule has 31 heavy (non-hydrogen) atoms. The van der Waals surface area contributed by atoms with E-state index in [1.54, 1.807) is 11.3 Å². The lowest BCUT2D eigenvalue weighted by Gasteiger charge is -2.16. The molecule has 1 amide bonds. The van der Waals surface area contributed by atoms with Crippen LogP contribution < -0.4 is 10.2 Å². The van der Waals surface area contributed by atoms with E-state index in [0.29, 0.717) is 6.54 Å². The second-order valence-corrected chi connectivity index (χ2v) is 9.98. The molecule has 0 spiro atoms. The van der Waals surface area contributed by atoms with Crippen LogP contribution in [0.1, 0.15) is 19.8 Å². The molecule has 9 heteroatoms. The number of hydrogen-bond donors (Lipinski definition) is 1. The molecule has 2 aromatic heterocycles. The van der Waals surface area contributed by atoms with E-state index in [9.17, 15) is 4.79 Å². The maximum Gasteiger partial charge on any atom is 0.237 e. The van der Waals surface area contributed by atoms with Crippen molar-refractivity contribution in [1.29, 1.82) is 0 Å². The zero-order valence-corrected chi connectivity index (χ0v) is 19.6. The summed E-state index contributed by atoms with van der Waals surface area (Å²) in [6.45, 7) is 3.39. The van der Waals surface area contributed by atoms with Gasteiger partial charge in [0, 0.05) is 32.1 Å². The number of thioether (sulfide) groups is 1. The van der Waals surface area contributed by atoms with E-state index in [0.717, 1.165) is 46.7 Å². The fourth-order valence-corrected chi connectivity index (χ4v) is 4.99. The maximum atomic E-state index is 12.8. The lowest BCUT2D eigenvalue weighted by molar-refractivity contribution is -0.115. The molecule has 1 aliphatic heterocycles. The fourth-order valence-electron chi connectivity index (χ4n) is 3.42. The summed E-state index contributed by atoms with van der Waals surface area (Å²) in [5.41, 5.74) is 1.87. The van der Waals surface area contributed by atoms with Crippen molar-refractivity contribution in [3.05, 3.63) is 41.8 Å². The Labute approximate surface area is 190 Å². The van der Waals surface area contributed by atoms with Gasteiger partial charge in [0.2, 0.25) is 5.91 Å². The number of ether oxygens (including phenoxy) is 1. The SMILES string of the molecule is CC(Sc1nnc(-c2cccs2)n1CC1CCCO1)C(=O)Nc1ccc(N(C)C)cc1. The molecule has 3 heterocycles. The normalized spacial score (nSPS) is 16.9. The Balaban J connectivity index is 1.47. The predicted molar refractivity (Wildman–Crippen MR) is 127 cm³/mol. The van der Waals surface area contributed by atoms with Gasteiger partial charge in [0.1, 0.15) is 0 Å². The van der Waals surface area contributed by atoms with Crippen molar-refractivity contribution in [1.82, 2.24) is 14.8 Å². The zero-order valence-electron chi connectivity index (χ0n) is 17.9. The molecular weight excluding hydrogens is 430 g/mol. The molecule has 1 aliphatic rings. The summed E-state index contributed by atoms with van der Waals surface area (Å²) in [6.07, 6.45) is 2.27. The van der Waals surface area contributed by atoms with Gasteiger partial charge in [-0.15, -0.1) is 21.5 Å². The van der Waals surface area contributed by atoms with Crippen LogP contribution in [0.25, 0.3) is 10.7 Å². The van der Waals surface area contributed by atoms with E-state index in [4.69, 9.17) is 4.74 Å². The van der Waals surface area contributed by atoms with Crippen LogP contribution in [0.5, 0.6) is 0 Å². The second-order valence-electron chi connectivity index (χ2n) is 7.72. The number of aromatic nitrogens is 3. The van der Waals surface area contributed by atoms with Crippen LogP contribution in [0, 0.1) is 0 Å². The van der Waals surface area contributed by atoms with Crippen molar-refractivity contribution in [2.45, 2.75) is 42.8 Å². The third kappa shape index (κ3) is 5.28. The first-order valence-corrected chi connectivity index (χ1v) is 12.1. The number of hydrogen-bond acceptors (Lipinski definition) is 7. The Bertz CT molecular complexity index is 996. The van der Waals surface area contributed by atoms with Crippen molar-refractivity contribution in [3.63, 3.8) is 0 Å². The van der Waals surface area contributed by atoms with Gasteiger partial charge in [-0.05, 0) is 55.5 Å². The summed E-state index contributed by atoms with van der Waals surface area (Å²) in [7, 11) is 3.98. The van der Waals surface area contributed by atoms with Gasteiger partial charge < -0.3 is 15.0 Å². The summed E-state index contributed by atoms with van der Waals surface area (Å²) >= 11 is 3.06. The Hall–Kier alpha value is -2.36. The van der Waals surface area contributed by atoms with Gasteiger partial charge >= 0.3 is 0 Å². The molecule has 3 aromatic rings. The number of rotatable bonds is 8. The Kier molecular flexibility index (Phi) is 6.94. The number of anilines is 2. The van der Waals surface area contributed by atoms with Gasteiger partial charge in [-0.1, -0.05) is 17.8 Å². The van der Waals surface area contributed by atoms with Gasteiger partial charge in [-0.25, -0.2) is 0 Å². The van der Waals surface area contributed by atoms with Crippen molar-refractivity contribution < 1.29 is 9.53 Å². The number of nitrogens with one attached hydrogen (secondary N) is 1. The van der Waals surface area contributed by atoms with Crippen LogP contribution in [0.3, 0.4) is 0 Å². The molecule has 1 saturated heterocycles. The van der Waals surface area contributed by atoms with Crippen molar-refractivity contribution >= 4 is 40.4 Å². The topological polar surface area (TPSA) is 72.3 Å². The van der Waals surface area contributed by atoms with Crippen LogP contribution >= 0.6 is 23.1 Å². The molecule has 0 aliphatic carbocycles. The average molecular weight is 458 g/mol. The zero-order chi connectivity index (χ0) is 21.8. The van der Waals surface area contributed by atoms with Crippen LogP contribution in [0.15, 0.2) is 46.9 Å². The van der Waals surface area contributed by atoms with E-state index >= 15 is 0 Å². The van der Waals surface area contributed by atoms with E-state index in [1.807, 2.05) is 67.7 Å². The van der Waals surface area contributed by atoms with Crippen molar-refractivity contribution in [2.75, 3.05) is 30.9 Å². The Morgan fingerprint density at radius 1 is 1.32 bits per heavy atom. The van der Waals surface area contributed by atoms with E-state index in [2.05, 4.69) is 20.1 Å². The third-order valence-corrected chi connectivity index (χ3v) is 7.12. The van der Waals surface area contributed by atoms with Crippen LogP contribution in [0.4, 0.5) is 11.4 Å². The van der Waals surface area contributed by atoms with Gasteiger partial charge in [0.15, 0.2) is 11.0 Å². The molecule has 0 radical (unpaired) electrons. The summed E-state index contributed by atoms with van der Waals surface area (Å²) in [5, 5.41) is 14.3. The highest BCUT2D eigenvalue weighted by Crippen LogP contribution is 2.31. The number of carbonyl (C=O) groups excluding carboxylic acids is 1. The minimum absolute atomic E-state index is 0.0630. The van der Waals surface area contributed by atoms with E-state index < -0.39 is 0 Å². The highest BCUT2D eigenvalue weighted by atomic mass is 32.2. The Morgan fingerprint density at radius 3 is 2.77 bits per heavy atom.